The maximum Gasteiger partial charge on any atom is 0.319 e. The first-order chi connectivity index (χ1) is 10.6. The highest BCUT2D eigenvalue weighted by atomic mass is 16.5. The van der Waals surface area contributed by atoms with Gasteiger partial charge in [-0.2, -0.15) is 0 Å². The van der Waals surface area contributed by atoms with Gasteiger partial charge in [-0.15, -0.1) is 0 Å². The van der Waals surface area contributed by atoms with Crippen molar-refractivity contribution >= 4 is 17.7 Å². The Hall–Kier alpha value is -2.28. The van der Waals surface area contributed by atoms with Crippen molar-refractivity contribution in [2.75, 3.05) is 25.1 Å². The summed E-state index contributed by atoms with van der Waals surface area (Å²) in [6, 6.07) is 6.54. The monoisotopic (exact) mass is 308 g/mol. The SMILES string of the molecule is O=C(O)CCNC(=O)Nc1ccc(OCC2CCCO2)cc1. The predicted octanol–water partition coefficient (Wildman–Crippen LogP) is 1.84. The largest absolute Gasteiger partial charge is 0.491 e. The molecular formula is C15H20N2O5. The van der Waals surface area contributed by atoms with Crippen LogP contribution in [0.15, 0.2) is 24.3 Å². The number of ether oxygens (including phenoxy) is 2. The van der Waals surface area contributed by atoms with E-state index < -0.39 is 12.0 Å². The average Bonchev–Trinajstić information content (AvgIpc) is 2.99. The molecule has 0 spiro atoms. The summed E-state index contributed by atoms with van der Waals surface area (Å²) in [5.41, 5.74) is 0.609. The molecule has 0 bridgehead atoms. The number of carbonyl (C=O) groups is 2. The molecule has 1 fully saturated rings. The van der Waals surface area contributed by atoms with Gasteiger partial charge in [-0.05, 0) is 37.1 Å². The molecule has 0 radical (unpaired) electrons. The standard InChI is InChI=1S/C15H20N2O5/c18-14(19)7-8-16-15(20)17-11-3-5-12(6-4-11)22-10-13-2-1-9-21-13/h3-6,13H,1-2,7-10H2,(H,18,19)(H2,16,17,20). The van der Waals surface area contributed by atoms with Gasteiger partial charge in [0.25, 0.3) is 0 Å². The van der Waals surface area contributed by atoms with Crippen LogP contribution in [0.25, 0.3) is 0 Å². The number of amides is 2. The highest BCUT2D eigenvalue weighted by Crippen LogP contribution is 2.18. The molecule has 2 amide bonds. The minimum Gasteiger partial charge on any atom is -0.491 e. The Bertz CT molecular complexity index is 497. The molecule has 1 atom stereocenters. The number of anilines is 1. The molecular weight excluding hydrogens is 288 g/mol. The van der Waals surface area contributed by atoms with Crippen molar-refractivity contribution in [3.05, 3.63) is 24.3 Å². The number of carboxylic acid groups (broad SMARTS) is 1. The lowest BCUT2D eigenvalue weighted by Gasteiger charge is -2.12. The first-order valence-electron chi connectivity index (χ1n) is 7.24. The molecule has 2 rings (SSSR count). The lowest BCUT2D eigenvalue weighted by Crippen LogP contribution is -2.30. The number of urea groups is 1. The number of nitrogens with one attached hydrogen (secondary N) is 2. The van der Waals surface area contributed by atoms with Crippen LogP contribution in [-0.4, -0.2) is 43.0 Å². The van der Waals surface area contributed by atoms with Crippen LogP contribution in [-0.2, 0) is 9.53 Å². The number of benzene rings is 1. The zero-order valence-corrected chi connectivity index (χ0v) is 12.2. The summed E-state index contributed by atoms with van der Waals surface area (Å²) in [6.45, 7) is 1.42. The highest BCUT2D eigenvalue weighted by Gasteiger charge is 2.15. The topological polar surface area (TPSA) is 96.9 Å². The van der Waals surface area contributed by atoms with Crippen molar-refractivity contribution in [3.63, 3.8) is 0 Å². The third-order valence-electron chi connectivity index (χ3n) is 3.20. The molecule has 3 N–H and O–H groups in total. The third kappa shape index (κ3) is 5.61. The molecule has 1 aliphatic rings. The molecule has 7 nitrogen and oxygen atoms in total. The van der Waals surface area contributed by atoms with Crippen LogP contribution in [0.1, 0.15) is 19.3 Å². The van der Waals surface area contributed by atoms with Crippen molar-refractivity contribution in [1.82, 2.24) is 5.32 Å². The van der Waals surface area contributed by atoms with Crippen molar-refractivity contribution in [2.24, 2.45) is 0 Å². The fourth-order valence-corrected chi connectivity index (χ4v) is 2.06. The summed E-state index contributed by atoms with van der Waals surface area (Å²) < 4.78 is 11.1. The molecule has 0 aliphatic carbocycles. The zero-order valence-electron chi connectivity index (χ0n) is 12.2. The molecule has 7 heteroatoms. The van der Waals surface area contributed by atoms with Gasteiger partial charge in [-0.3, -0.25) is 4.79 Å². The molecule has 0 saturated carbocycles. The minimum absolute atomic E-state index is 0.0871. The second-order valence-electron chi connectivity index (χ2n) is 5.00. The molecule has 1 unspecified atom stereocenters. The van der Waals surface area contributed by atoms with E-state index >= 15 is 0 Å². The van der Waals surface area contributed by atoms with Crippen LogP contribution in [0.5, 0.6) is 5.75 Å². The summed E-state index contributed by atoms with van der Waals surface area (Å²) in [5.74, 6) is -0.236. The van der Waals surface area contributed by atoms with Gasteiger partial charge >= 0.3 is 12.0 Å². The Kier molecular flexibility index (Phi) is 6.02. The van der Waals surface area contributed by atoms with Gasteiger partial charge in [0, 0.05) is 18.8 Å². The lowest BCUT2D eigenvalue weighted by atomic mass is 10.2. The normalized spacial score (nSPS) is 17.0. The van der Waals surface area contributed by atoms with Crippen molar-refractivity contribution in [1.29, 1.82) is 0 Å². The van der Waals surface area contributed by atoms with Crippen LogP contribution in [0.4, 0.5) is 10.5 Å². The van der Waals surface area contributed by atoms with Crippen LogP contribution in [0, 0.1) is 0 Å². The van der Waals surface area contributed by atoms with Gasteiger partial charge in [0.05, 0.1) is 12.5 Å². The first kappa shape index (κ1) is 16.1. The van der Waals surface area contributed by atoms with E-state index in [1.165, 1.54) is 0 Å². The van der Waals surface area contributed by atoms with Crippen LogP contribution in [0.3, 0.4) is 0 Å². The van der Waals surface area contributed by atoms with Gasteiger partial charge in [0.1, 0.15) is 12.4 Å². The van der Waals surface area contributed by atoms with E-state index in [-0.39, 0.29) is 19.1 Å². The van der Waals surface area contributed by atoms with Gasteiger partial charge in [-0.25, -0.2) is 4.79 Å². The van der Waals surface area contributed by atoms with E-state index in [2.05, 4.69) is 10.6 Å². The summed E-state index contributed by atoms with van der Waals surface area (Å²) in [5, 5.41) is 13.6. The van der Waals surface area contributed by atoms with E-state index in [9.17, 15) is 9.59 Å². The number of hydrogen-bond acceptors (Lipinski definition) is 4. The van der Waals surface area contributed by atoms with Gasteiger partial charge in [0.2, 0.25) is 0 Å². The van der Waals surface area contributed by atoms with Crippen LogP contribution in [0.2, 0.25) is 0 Å². The zero-order chi connectivity index (χ0) is 15.8. The maximum absolute atomic E-state index is 11.5. The molecule has 1 heterocycles. The Morgan fingerprint density at radius 2 is 2.09 bits per heavy atom. The van der Waals surface area contributed by atoms with Crippen molar-refractivity contribution < 1.29 is 24.2 Å². The van der Waals surface area contributed by atoms with Gasteiger partial charge in [0.15, 0.2) is 0 Å². The highest BCUT2D eigenvalue weighted by molar-refractivity contribution is 5.89. The van der Waals surface area contributed by atoms with E-state index in [0.29, 0.717) is 18.0 Å². The number of carbonyl (C=O) groups excluding carboxylic acids is 1. The Morgan fingerprint density at radius 1 is 1.32 bits per heavy atom. The van der Waals surface area contributed by atoms with E-state index in [0.717, 1.165) is 19.4 Å². The molecule has 1 aliphatic heterocycles. The smallest absolute Gasteiger partial charge is 0.319 e. The molecule has 1 aromatic carbocycles. The summed E-state index contributed by atoms with van der Waals surface area (Å²) in [4.78, 5) is 21.9. The number of hydrogen-bond donors (Lipinski definition) is 3. The second kappa shape index (κ2) is 8.23. The lowest BCUT2D eigenvalue weighted by molar-refractivity contribution is -0.136. The van der Waals surface area contributed by atoms with Crippen molar-refractivity contribution in [3.8, 4) is 5.75 Å². The number of rotatable bonds is 7. The van der Waals surface area contributed by atoms with E-state index in [4.69, 9.17) is 14.6 Å². The molecule has 120 valence electrons. The van der Waals surface area contributed by atoms with Gasteiger partial charge in [-0.1, -0.05) is 0 Å². The fraction of sp³-hybridized carbons (Fsp3) is 0.467. The Morgan fingerprint density at radius 3 is 2.73 bits per heavy atom. The molecule has 22 heavy (non-hydrogen) atoms. The fourth-order valence-electron chi connectivity index (χ4n) is 2.06. The number of carboxylic acids is 1. The summed E-state index contributed by atoms with van der Waals surface area (Å²) in [6.07, 6.45) is 2.16. The maximum atomic E-state index is 11.5. The quantitative estimate of drug-likeness (QED) is 0.714. The van der Waals surface area contributed by atoms with Crippen molar-refractivity contribution in [2.45, 2.75) is 25.4 Å². The van der Waals surface area contributed by atoms with Crippen LogP contribution >= 0.6 is 0 Å². The molecule has 0 aromatic heterocycles. The Balaban J connectivity index is 1.71. The molecule has 1 saturated heterocycles. The van der Waals surface area contributed by atoms with E-state index in [1.54, 1.807) is 24.3 Å². The Labute approximate surface area is 128 Å². The third-order valence-corrected chi connectivity index (χ3v) is 3.20. The first-order valence-corrected chi connectivity index (χ1v) is 7.24. The second-order valence-corrected chi connectivity index (χ2v) is 5.00. The summed E-state index contributed by atoms with van der Waals surface area (Å²) in [7, 11) is 0. The van der Waals surface area contributed by atoms with E-state index in [1.807, 2.05) is 0 Å². The average molecular weight is 308 g/mol. The minimum atomic E-state index is -0.951. The number of aliphatic carboxylic acids is 1. The predicted molar refractivity (Wildman–Crippen MR) is 80.2 cm³/mol. The summed E-state index contributed by atoms with van der Waals surface area (Å²) >= 11 is 0. The molecule has 1 aromatic rings. The van der Waals surface area contributed by atoms with Gasteiger partial charge < -0.3 is 25.2 Å². The van der Waals surface area contributed by atoms with Crippen LogP contribution < -0.4 is 15.4 Å².